The van der Waals surface area contributed by atoms with Crippen molar-refractivity contribution < 1.29 is 18.1 Å². The molecule has 2 aromatic heterocycles. The van der Waals surface area contributed by atoms with E-state index in [0.29, 0.717) is 5.57 Å². The molecule has 0 aliphatic carbocycles. The van der Waals surface area contributed by atoms with Gasteiger partial charge in [0.05, 0.1) is 22.3 Å². The number of rotatable bonds is 3. The monoisotopic (exact) mass is 334 g/mol. The first-order valence-electron chi connectivity index (χ1n) is 7.57. The average Bonchev–Trinajstić information content (AvgIpc) is 3.17. The Bertz CT molecular complexity index is 715. The minimum absolute atomic E-state index is 0.378. The lowest BCUT2D eigenvalue weighted by atomic mass is 9.84. The van der Waals surface area contributed by atoms with Gasteiger partial charge in [-0.15, -0.1) is 11.3 Å². The van der Waals surface area contributed by atoms with Crippen molar-refractivity contribution in [1.29, 1.82) is 0 Å². The molecule has 122 valence electrons. The van der Waals surface area contributed by atoms with Crippen LogP contribution >= 0.6 is 11.3 Å². The van der Waals surface area contributed by atoms with Crippen LogP contribution in [0, 0.1) is 0 Å². The van der Waals surface area contributed by atoms with Crippen molar-refractivity contribution in [1.82, 2.24) is 0 Å². The maximum atomic E-state index is 14.8. The van der Waals surface area contributed by atoms with Gasteiger partial charge in [0, 0.05) is 4.88 Å². The molecule has 3 rings (SSSR count). The largest absolute Gasteiger partial charge is 0.525 e. The summed E-state index contributed by atoms with van der Waals surface area (Å²) in [6, 6.07) is 7.55. The summed E-state index contributed by atoms with van der Waals surface area (Å²) >= 11 is 1.48. The Morgan fingerprint density at radius 3 is 2.30 bits per heavy atom. The first-order valence-corrected chi connectivity index (χ1v) is 8.39. The summed E-state index contributed by atoms with van der Waals surface area (Å²) in [6.07, 6.45) is 1.63. The third kappa shape index (κ3) is 2.91. The van der Waals surface area contributed by atoms with E-state index in [1.165, 1.54) is 11.3 Å². The number of hydrogen-bond donors (Lipinski definition) is 0. The van der Waals surface area contributed by atoms with E-state index < -0.39 is 18.3 Å². The van der Waals surface area contributed by atoms with Gasteiger partial charge in [-0.1, -0.05) is 0 Å². The molecular formula is C17H20BFO3S. The third-order valence-corrected chi connectivity index (χ3v) is 5.78. The Morgan fingerprint density at radius 2 is 1.74 bits per heavy atom. The Morgan fingerprint density at radius 1 is 1.09 bits per heavy atom. The van der Waals surface area contributed by atoms with Gasteiger partial charge in [-0.3, -0.25) is 0 Å². The molecule has 3 heterocycles. The van der Waals surface area contributed by atoms with Gasteiger partial charge in [0.2, 0.25) is 0 Å². The Balaban J connectivity index is 1.87. The zero-order valence-electron chi connectivity index (χ0n) is 14.0. The molecular weight excluding hydrogens is 314 g/mol. The molecule has 0 N–H and O–H groups in total. The molecule has 1 fully saturated rings. The number of allylic oxidation sites excluding steroid dienone is 1. The fourth-order valence-electron chi connectivity index (χ4n) is 2.33. The van der Waals surface area contributed by atoms with Crippen LogP contribution in [0.25, 0.3) is 16.2 Å². The van der Waals surface area contributed by atoms with Crippen LogP contribution in [-0.4, -0.2) is 18.3 Å². The average molecular weight is 334 g/mol. The molecule has 0 atom stereocenters. The van der Waals surface area contributed by atoms with Crippen LogP contribution in [0.3, 0.4) is 0 Å². The van der Waals surface area contributed by atoms with Crippen LogP contribution in [0.2, 0.25) is 0 Å². The number of hydrogen-bond acceptors (Lipinski definition) is 4. The fraction of sp³-hybridized carbons (Fsp3) is 0.412. The molecule has 0 spiro atoms. The fourth-order valence-corrected chi connectivity index (χ4v) is 3.31. The lowest BCUT2D eigenvalue weighted by Gasteiger charge is -2.32. The smallest absolute Gasteiger partial charge is 0.464 e. The quantitative estimate of drug-likeness (QED) is 0.710. The van der Waals surface area contributed by atoms with Crippen LogP contribution in [0.5, 0.6) is 0 Å². The summed E-state index contributed by atoms with van der Waals surface area (Å²) in [5.41, 5.74) is -0.948. The maximum absolute atomic E-state index is 14.8. The molecule has 0 amide bonds. The van der Waals surface area contributed by atoms with Crippen molar-refractivity contribution in [2.75, 3.05) is 0 Å². The summed E-state index contributed by atoms with van der Waals surface area (Å²) in [5.74, 6) is 0.782. The molecule has 0 bridgehead atoms. The van der Waals surface area contributed by atoms with Crippen molar-refractivity contribution >= 4 is 24.0 Å². The molecule has 0 saturated carbocycles. The normalized spacial score (nSPS) is 20.7. The second-order valence-electron chi connectivity index (χ2n) is 6.70. The molecule has 1 aliphatic rings. The highest BCUT2D eigenvalue weighted by molar-refractivity contribution is 7.16. The number of halogens is 1. The Kier molecular flexibility index (Phi) is 4.03. The topological polar surface area (TPSA) is 31.6 Å². The van der Waals surface area contributed by atoms with Gasteiger partial charge in [-0.2, -0.15) is 0 Å². The summed E-state index contributed by atoms with van der Waals surface area (Å²) in [4.78, 5) is 1.80. The summed E-state index contributed by atoms with van der Waals surface area (Å²) in [5, 5.41) is 0. The number of thiophene rings is 1. The molecule has 2 aromatic rings. The standard InChI is InChI=1S/C17H20BFO3S/c1-11(13-8-9-14(23-13)12-7-6-10-20-12)15(19)18-21-16(2,3)17(4,5)22-18/h6-10H,1-5H3. The van der Waals surface area contributed by atoms with E-state index in [-0.39, 0.29) is 5.73 Å². The van der Waals surface area contributed by atoms with Crippen molar-refractivity contribution in [2.45, 2.75) is 45.8 Å². The predicted molar refractivity (Wildman–Crippen MR) is 91.8 cm³/mol. The van der Waals surface area contributed by atoms with Gasteiger partial charge in [0.1, 0.15) is 11.5 Å². The van der Waals surface area contributed by atoms with E-state index in [1.807, 2.05) is 52.0 Å². The maximum Gasteiger partial charge on any atom is 0.525 e. The molecule has 0 radical (unpaired) electrons. The van der Waals surface area contributed by atoms with Gasteiger partial charge < -0.3 is 13.7 Å². The van der Waals surface area contributed by atoms with Gasteiger partial charge in [-0.25, -0.2) is 4.39 Å². The van der Waals surface area contributed by atoms with Gasteiger partial charge in [-0.05, 0) is 64.5 Å². The molecule has 3 nitrogen and oxygen atoms in total. The first-order chi connectivity index (χ1) is 10.7. The highest BCUT2D eigenvalue weighted by atomic mass is 32.1. The highest BCUT2D eigenvalue weighted by Crippen LogP contribution is 2.41. The molecule has 1 saturated heterocycles. The summed E-state index contributed by atoms with van der Waals surface area (Å²) in [7, 11) is -0.964. The van der Waals surface area contributed by atoms with E-state index >= 15 is 0 Å². The van der Waals surface area contributed by atoms with Crippen LogP contribution < -0.4 is 0 Å². The molecule has 0 aromatic carbocycles. The molecule has 0 unspecified atom stereocenters. The summed E-state index contributed by atoms with van der Waals surface area (Å²) < 4.78 is 31.8. The molecule has 23 heavy (non-hydrogen) atoms. The second kappa shape index (κ2) is 5.62. The van der Waals surface area contributed by atoms with E-state index in [4.69, 9.17) is 13.7 Å². The SMILES string of the molecule is CC(=C(F)B1OC(C)(C)C(C)(C)O1)c1ccc(-c2ccco2)s1. The minimum atomic E-state index is -0.964. The van der Waals surface area contributed by atoms with E-state index in [1.54, 1.807) is 13.2 Å². The minimum Gasteiger partial charge on any atom is -0.464 e. The zero-order chi connectivity index (χ0) is 16.8. The van der Waals surface area contributed by atoms with Gasteiger partial charge >= 0.3 is 7.12 Å². The highest BCUT2D eigenvalue weighted by Gasteiger charge is 2.53. The van der Waals surface area contributed by atoms with Gasteiger partial charge in [0.15, 0.2) is 0 Å². The van der Waals surface area contributed by atoms with Crippen molar-refractivity contribution in [3.8, 4) is 10.6 Å². The number of furan rings is 1. The lowest BCUT2D eigenvalue weighted by Crippen LogP contribution is -2.41. The van der Waals surface area contributed by atoms with Crippen molar-refractivity contribution in [3.05, 3.63) is 41.1 Å². The van der Waals surface area contributed by atoms with Gasteiger partial charge in [0.25, 0.3) is 0 Å². The Labute approximate surface area is 140 Å². The van der Waals surface area contributed by atoms with Crippen LogP contribution in [0.15, 0.2) is 40.7 Å². The molecule has 1 aliphatic heterocycles. The third-order valence-electron chi connectivity index (χ3n) is 4.56. The van der Waals surface area contributed by atoms with Crippen LogP contribution in [0.4, 0.5) is 4.39 Å². The predicted octanol–water partition coefficient (Wildman–Crippen LogP) is 5.34. The zero-order valence-corrected chi connectivity index (χ0v) is 14.8. The van der Waals surface area contributed by atoms with E-state index in [2.05, 4.69) is 0 Å². The summed E-state index contributed by atoms with van der Waals surface area (Å²) in [6.45, 7) is 9.40. The van der Waals surface area contributed by atoms with E-state index in [9.17, 15) is 4.39 Å². The van der Waals surface area contributed by atoms with Crippen molar-refractivity contribution in [2.24, 2.45) is 0 Å². The van der Waals surface area contributed by atoms with Crippen molar-refractivity contribution in [3.63, 3.8) is 0 Å². The van der Waals surface area contributed by atoms with Crippen LogP contribution in [-0.2, 0) is 9.31 Å². The van der Waals surface area contributed by atoms with Crippen LogP contribution in [0.1, 0.15) is 39.5 Å². The Hall–Kier alpha value is -1.37. The first kappa shape index (κ1) is 16.5. The second-order valence-corrected chi connectivity index (χ2v) is 7.79. The molecule has 6 heteroatoms. The van der Waals surface area contributed by atoms with E-state index in [0.717, 1.165) is 15.5 Å². The lowest BCUT2D eigenvalue weighted by molar-refractivity contribution is 0.00578.